The zero-order chi connectivity index (χ0) is 7.61. The van der Waals surface area contributed by atoms with Gasteiger partial charge in [0, 0.05) is 10.7 Å². The molecule has 0 N–H and O–H groups in total. The molecule has 11 heavy (non-hydrogen) atoms. The van der Waals surface area contributed by atoms with Crippen LogP contribution >= 0.6 is 10.7 Å². The Bertz CT molecular complexity index is 309. The summed E-state index contributed by atoms with van der Waals surface area (Å²) in [5, 5.41) is 0. The molecule has 5 heteroatoms. The molecule has 0 aliphatic carbocycles. The molecule has 0 aromatic heterocycles. The van der Waals surface area contributed by atoms with Crippen LogP contribution in [0.5, 0.6) is 0 Å². The Hall–Kier alpha value is 0.564. The van der Waals surface area contributed by atoms with Gasteiger partial charge in [0.05, 0.1) is 0 Å². The van der Waals surface area contributed by atoms with Crippen molar-refractivity contribution in [2.45, 2.75) is 4.90 Å². The van der Waals surface area contributed by atoms with Crippen molar-refractivity contribution in [2.75, 3.05) is 0 Å². The predicted molar refractivity (Wildman–Crippen MR) is 38.3 cm³/mol. The quantitative estimate of drug-likeness (QED) is 0.568. The summed E-state index contributed by atoms with van der Waals surface area (Å²) in [7, 11) is 1.47. The van der Waals surface area contributed by atoms with Crippen LogP contribution in [0, 0.1) is 6.07 Å². The van der Waals surface area contributed by atoms with Gasteiger partial charge in [-0.05, 0) is 4.90 Å². The minimum absolute atomic E-state index is 0. The van der Waals surface area contributed by atoms with E-state index in [4.69, 9.17) is 10.7 Å². The van der Waals surface area contributed by atoms with Crippen LogP contribution in [0.3, 0.4) is 0 Å². The predicted octanol–water partition coefficient (Wildman–Crippen LogP) is 1.41. The van der Waals surface area contributed by atoms with E-state index in [1.54, 1.807) is 0 Å². The molecule has 0 aliphatic rings. The second-order valence-corrected chi connectivity index (χ2v) is 4.24. The molecule has 0 aliphatic heterocycles. The standard InChI is InChI=1S/C6H4ClO2S.Y/c7-10(8,9)6-4-2-1-3-5-6;/h2-5H;/q-1;+3. The van der Waals surface area contributed by atoms with Crippen molar-refractivity contribution < 1.29 is 41.1 Å². The molecule has 2 nitrogen and oxygen atoms in total. The molecule has 0 radical (unpaired) electrons. The van der Waals surface area contributed by atoms with Crippen molar-refractivity contribution in [1.82, 2.24) is 0 Å². The first kappa shape index (κ1) is 11.6. The third-order valence-electron chi connectivity index (χ3n) is 0.969. The average Bonchev–Trinajstić information content (AvgIpc) is 1.88. The Morgan fingerprint density at radius 3 is 2.00 bits per heavy atom. The maximum absolute atomic E-state index is 10.6. The van der Waals surface area contributed by atoms with Crippen molar-refractivity contribution in [2.24, 2.45) is 0 Å². The fourth-order valence-corrected chi connectivity index (χ4v) is 1.30. The number of halogens is 1. The second-order valence-electron chi connectivity index (χ2n) is 1.67. The van der Waals surface area contributed by atoms with E-state index in [1.165, 1.54) is 24.3 Å². The third kappa shape index (κ3) is 3.65. The van der Waals surface area contributed by atoms with Gasteiger partial charge >= 0.3 is 32.7 Å². The van der Waals surface area contributed by atoms with E-state index in [2.05, 4.69) is 6.07 Å². The van der Waals surface area contributed by atoms with Crippen LogP contribution in [0.1, 0.15) is 0 Å². The molecule has 0 saturated heterocycles. The van der Waals surface area contributed by atoms with Gasteiger partial charge in [0.2, 0.25) is 9.05 Å². The third-order valence-corrected chi connectivity index (χ3v) is 2.34. The van der Waals surface area contributed by atoms with E-state index < -0.39 is 9.05 Å². The SMILES string of the molecule is O=S(=O)(Cl)c1cc[c-]cc1.[Y+3]. The Balaban J connectivity index is 0.000001000. The first-order valence-electron chi connectivity index (χ1n) is 2.51. The molecule has 1 aromatic carbocycles. The molecule has 54 valence electrons. The van der Waals surface area contributed by atoms with Crippen LogP contribution < -0.4 is 0 Å². The van der Waals surface area contributed by atoms with E-state index in [1.807, 2.05) is 0 Å². The Labute approximate surface area is 95.2 Å². The first-order valence-corrected chi connectivity index (χ1v) is 4.82. The summed E-state index contributed by atoms with van der Waals surface area (Å²) in [6.45, 7) is 0. The summed E-state index contributed by atoms with van der Waals surface area (Å²) in [5.74, 6) is 0. The summed E-state index contributed by atoms with van der Waals surface area (Å²) < 4.78 is 21.2. The molecule has 0 amide bonds. The van der Waals surface area contributed by atoms with Crippen LogP contribution in [-0.4, -0.2) is 8.42 Å². The van der Waals surface area contributed by atoms with Gasteiger partial charge in [0.1, 0.15) is 0 Å². The summed E-state index contributed by atoms with van der Waals surface area (Å²) in [6, 6.07) is 8.45. The van der Waals surface area contributed by atoms with Gasteiger partial charge in [-0.2, -0.15) is 30.3 Å². The molecule has 0 saturated carbocycles. The van der Waals surface area contributed by atoms with Gasteiger partial charge in [-0.1, -0.05) is 0 Å². The largest absolute Gasteiger partial charge is 3.00 e. The van der Waals surface area contributed by atoms with Crippen LogP contribution in [-0.2, 0) is 41.8 Å². The van der Waals surface area contributed by atoms with Gasteiger partial charge < -0.3 is 0 Å². The van der Waals surface area contributed by atoms with Crippen LogP contribution in [0.4, 0.5) is 0 Å². The van der Waals surface area contributed by atoms with Crippen molar-refractivity contribution in [3.8, 4) is 0 Å². The summed E-state index contributed by atoms with van der Waals surface area (Å²) in [5.41, 5.74) is 0. The van der Waals surface area contributed by atoms with Gasteiger partial charge in [-0.3, -0.25) is 0 Å². The molecule has 1 rings (SSSR count). The van der Waals surface area contributed by atoms with Gasteiger partial charge in [0.25, 0.3) is 0 Å². The molecule has 0 fully saturated rings. The Morgan fingerprint density at radius 1 is 1.27 bits per heavy atom. The number of hydrogen-bond donors (Lipinski definition) is 0. The molecule has 1 aromatic rings. The zero-order valence-corrected chi connectivity index (χ0v) is 9.90. The average molecular weight is 265 g/mol. The molecule has 0 spiro atoms. The van der Waals surface area contributed by atoms with E-state index in [0.29, 0.717) is 0 Å². The Morgan fingerprint density at radius 2 is 1.73 bits per heavy atom. The minimum Gasteiger partial charge on any atom is -0.209 e. The Kier molecular flexibility index (Phi) is 4.79. The summed E-state index contributed by atoms with van der Waals surface area (Å²) in [4.78, 5) is 0.105. The van der Waals surface area contributed by atoms with E-state index in [0.717, 1.165) is 0 Å². The van der Waals surface area contributed by atoms with Crippen molar-refractivity contribution in [3.63, 3.8) is 0 Å². The maximum atomic E-state index is 10.6. The fourth-order valence-electron chi connectivity index (χ4n) is 0.534. The van der Waals surface area contributed by atoms with Crippen LogP contribution in [0.25, 0.3) is 0 Å². The summed E-state index contributed by atoms with van der Waals surface area (Å²) >= 11 is 0. The fraction of sp³-hybridized carbons (Fsp3) is 0. The molecule has 0 unspecified atom stereocenters. The number of hydrogen-bond acceptors (Lipinski definition) is 2. The van der Waals surface area contributed by atoms with Crippen LogP contribution in [0.2, 0.25) is 0 Å². The van der Waals surface area contributed by atoms with Crippen molar-refractivity contribution >= 4 is 19.7 Å². The van der Waals surface area contributed by atoms with E-state index in [9.17, 15) is 8.42 Å². The zero-order valence-electron chi connectivity index (χ0n) is 5.49. The van der Waals surface area contributed by atoms with E-state index in [-0.39, 0.29) is 37.6 Å². The van der Waals surface area contributed by atoms with Gasteiger partial charge in [-0.15, -0.1) is 0 Å². The molecule has 0 bridgehead atoms. The second kappa shape index (κ2) is 4.56. The monoisotopic (exact) mass is 264 g/mol. The maximum Gasteiger partial charge on any atom is 3.00 e. The molecule has 0 heterocycles. The molecule has 0 atom stereocenters. The van der Waals surface area contributed by atoms with Crippen LogP contribution in [0.15, 0.2) is 29.2 Å². The summed E-state index contributed by atoms with van der Waals surface area (Å²) in [6.07, 6.45) is 0. The number of benzene rings is 1. The van der Waals surface area contributed by atoms with Crippen molar-refractivity contribution in [1.29, 1.82) is 0 Å². The topological polar surface area (TPSA) is 34.1 Å². The first-order chi connectivity index (χ1) is 4.61. The molecular formula is C6H4ClO2SY+2. The minimum atomic E-state index is -3.55. The van der Waals surface area contributed by atoms with Crippen molar-refractivity contribution in [3.05, 3.63) is 30.3 Å². The van der Waals surface area contributed by atoms with Gasteiger partial charge in [0.15, 0.2) is 0 Å². The van der Waals surface area contributed by atoms with Gasteiger partial charge in [-0.25, -0.2) is 8.42 Å². The molecular weight excluding hydrogens is 260 g/mol. The van der Waals surface area contributed by atoms with E-state index >= 15 is 0 Å². The smallest absolute Gasteiger partial charge is 0.209 e. The number of rotatable bonds is 1. The normalized spacial score (nSPS) is 10.3.